The SMILES string of the molecule is CC(C(=O)N(C)C(C)CN)c1cc2ccccc2o1.Cl. The predicted molar refractivity (Wildman–Crippen MR) is 83.2 cm³/mol. The number of benzene rings is 1. The molecule has 0 aliphatic heterocycles. The number of likely N-dealkylation sites (N-methyl/N-ethyl adjacent to an activating group) is 1. The lowest BCUT2D eigenvalue weighted by molar-refractivity contribution is -0.133. The standard InChI is InChI=1S/C15H20N2O2.ClH/c1-10(9-16)17(3)15(18)11(2)14-8-12-6-4-5-7-13(12)19-14;/h4-8,10-11H,9,16H2,1-3H3;1H. The summed E-state index contributed by atoms with van der Waals surface area (Å²) in [6, 6.07) is 9.72. The van der Waals surface area contributed by atoms with Crippen molar-refractivity contribution >= 4 is 29.3 Å². The molecule has 20 heavy (non-hydrogen) atoms. The van der Waals surface area contributed by atoms with Crippen LogP contribution in [-0.4, -0.2) is 30.4 Å². The maximum Gasteiger partial charge on any atom is 0.233 e. The molecule has 4 nitrogen and oxygen atoms in total. The van der Waals surface area contributed by atoms with Crippen molar-refractivity contribution in [1.29, 1.82) is 0 Å². The number of nitrogens with zero attached hydrogens (tertiary/aromatic N) is 1. The molecule has 0 spiro atoms. The molecule has 0 aliphatic rings. The molecule has 1 aromatic carbocycles. The van der Waals surface area contributed by atoms with Crippen LogP contribution in [0.3, 0.4) is 0 Å². The largest absolute Gasteiger partial charge is 0.460 e. The first kappa shape index (κ1) is 16.5. The van der Waals surface area contributed by atoms with E-state index in [-0.39, 0.29) is 30.3 Å². The molecule has 1 heterocycles. The van der Waals surface area contributed by atoms with Crippen molar-refractivity contribution in [2.45, 2.75) is 25.8 Å². The summed E-state index contributed by atoms with van der Waals surface area (Å²) in [5, 5.41) is 1.02. The molecule has 2 atom stereocenters. The van der Waals surface area contributed by atoms with E-state index < -0.39 is 0 Å². The van der Waals surface area contributed by atoms with Gasteiger partial charge in [-0.15, -0.1) is 12.4 Å². The molecule has 0 aliphatic carbocycles. The highest BCUT2D eigenvalue weighted by Gasteiger charge is 2.24. The van der Waals surface area contributed by atoms with Gasteiger partial charge in [-0.25, -0.2) is 0 Å². The maximum atomic E-state index is 12.3. The summed E-state index contributed by atoms with van der Waals surface area (Å²) < 4.78 is 5.74. The molecule has 0 fully saturated rings. The Morgan fingerprint density at radius 1 is 1.35 bits per heavy atom. The Morgan fingerprint density at radius 2 is 2.00 bits per heavy atom. The Bertz CT molecular complexity index is 549. The fourth-order valence-corrected chi connectivity index (χ4v) is 2.02. The lowest BCUT2D eigenvalue weighted by atomic mass is 10.1. The third-order valence-electron chi connectivity index (χ3n) is 3.59. The van der Waals surface area contributed by atoms with E-state index in [0.717, 1.165) is 11.0 Å². The molecule has 0 radical (unpaired) electrons. The Morgan fingerprint density at radius 3 is 2.60 bits per heavy atom. The van der Waals surface area contributed by atoms with Gasteiger partial charge in [0.15, 0.2) is 0 Å². The third-order valence-corrected chi connectivity index (χ3v) is 3.59. The number of rotatable bonds is 4. The molecule has 2 aromatic rings. The monoisotopic (exact) mass is 296 g/mol. The number of halogens is 1. The summed E-state index contributed by atoms with van der Waals surface area (Å²) in [6.07, 6.45) is 0. The van der Waals surface area contributed by atoms with E-state index in [4.69, 9.17) is 10.2 Å². The summed E-state index contributed by atoms with van der Waals surface area (Å²) in [7, 11) is 1.78. The maximum absolute atomic E-state index is 12.3. The van der Waals surface area contributed by atoms with Crippen LogP contribution in [0.25, 0.3) is 11.0 Å². The normalized spacial score (nSPS) is 13.6. The van der Waals surface area contributed by atoms with Crippen molar-refractivity contribution in [2.75, 3.05) is 13.6 Å². The zero-order valence-electron chi connectivity index (χ0n) is 12.0. The van der Waals surface area contributed by atoms with Gasteiger partial charge in [0, 0.05) is 25.0 Å². The first-order chi connectivity index (χ1) is 9.04. The number of furan rings is 1. The Hall–Kier alpha value is -1.52. The van der Waals surface area contributed by atoms with Gasteiger partial charge in [-0.3, -0.25) is 4.79 Å². The van der Waals surface area contributed by atoms with Crippen molar-refractivity contribution in [3.63, 3.8) is 0 Å². The average Bonchev–Trinajstić information content (AvgIpc) is 2.87. The van der Waals surface area contributed by atoms with Crippen molar-refractivity contribution in [2.24, 2.45) is 5.73 Å². The van der Waals surface area contributed by atoms with Gasteiger partial charge in [0.1, 0.15) is 11.3 Å². The van der Waals surface area contributed by atoms with Crippen LogP contribution in [0.2, 0.25) is 0 Å². The summed E-state index contributed by atoms with van der Waals surface area (Å²) in [5.41, 5.74) is 6.41. The van der Waals surface area contributed by atoms with Gasteiger partial charge in [0.25, 0.3) is 0 Å². The first-order valence-electron chi connectivity index (χ1n) is 6.49. The summed E-state index contributed by atoms with van der Waals surface area (Å²) in [5.74, 6) is 0.422. The third kappa shape index (κ3) is 3.14. The Balaban J connectivity index is 0.00000200. The minimum atomic E-state index is -0.300. The highest BCUT2D eigenvalue weighted by molar-refractivity contribution is 5.86. The van der Waals surface area contributed by atoms with E-state index in [1.165, 1.54) is 0 Å². The number of hydrogen-bond donors (Lipinski definition) is 1. The van der Waals surface area contributed by atoms with Crippen LogP contribution in [0, 0.1) is 0 Å². The Kier molecular flexibility index (Phi) is 5.60. The molecule has 0 saturated heterocycles. The molecule has 0 bridgehead atoms. The number of carbonyl (C=O) groups excluding carboxylic acids is 1. The van der Waals surface area contributed by atoms with Crippen LogP contribution in [0.15, 0.2) is 34.7 Å². The van der Waals surface area contributed by atoms with E-state index in [1.54, 1.807) is 11.9 Å². The Labute approximate surface area is 125 Å². The van der Waals surface area contributed by atoms with Gasteiger partial charge >= 0.3 is 0 Å². The number of fused-ring (bicyclic) bond motifs is 1. The van der Waals surface area contributed by atoms with Crippen molar-refractivity contribution in [3.8, 4) is 0 Å². The minimum absolute atomic E-state index is 0. The fraction of sp³-hybridized carbons (Fsp3) is 0.400. The van der Waals surface area contributed by atoms with Crippen LogP contribution < -0.4 is 5.73 Å². The number of amides is 1. The number of para-hydroxylation sites is 1. The van der Waals surface area contributed by atoms with Crippen LogP contribution in [0.4, 0.5) is 0 Å². The molecule has 2 N–H and O–H groups in total. The summed E-state index contributed by atoms with van der Waals surface area (Å²) in [6.45, 7) is 4.25. The zero-order valence-corrected chi connectivity index (χ0v) is 12.8. The minimum Gasteiger partial charge on any atom is -0.460 e. The highest BCUT2D eigenvalue weighted by atomic mass is 35.5. The second kappa shape index (κ2) is 6.77. The van der Waals surface area contributed by atoms with E-state index >= 15 is 0 Å². The highest BCUT2D eigenvalue weighted by Crippen LogP contribution is 2.26. The van der Waals surface area contributed by atoms with Gasteiger partial charge in [-0.1, -0.05) is 18.2 Å². The average molecular weight is 297 g/mol. The van der Waals surface area contributed by atoms with Crippen LogP contribution in [0.1, 0.15) is 25.5 Å². The second-order valence-corrected chi connectivity index (χ2v) is 4.94. The van der Waals surface area contributed by atoms with Gasteiger partial charge in [0.2, 0.25) is 5.91 Å². The molecule has 0 saturated carbocycles. The fourth-order valence-electron chi connectivity index (χ4n) is 2.02. The molecule has 1 aromatic heterocycles. The van der Waals surface area contributed by atoms with Crippen molar-refractivity contribution in [1.82, 2.24) is 4.90 Å². The lowest BCUT2D eigenvalue weighted by Gasteiger charge is -2.25. The molecule has 2 unspecified atom stereocenters. The molecule has 5 heteroatoms. The van der Waals surface area contributed by atoms with E-state index in [9.17, 15) is 4.79 Å². The van der Waals surface area contributed by atoms with Crippen LogP contribution in [-0.2, 0) is 4.79 Å². The smallest absolute Gasteiger partial charge is 0.233 e. The van der Waals surface area contributed by atoms with Crippen molar-refractivity contribution < 1.29 is 9.21 Å². The molecule has 1 amide bonds. The number of nitrogens with two attached hydrogens (primary N) is 1. The summed E-state index contributed by atoms with van der Waals surface area (Å²) in [4.78, 5) is 14.0. The summed E-state index contributed by atoms with van der Waals surface area (Å²) >= 11 is 0. The van der Waals surface area contributed by atoms with E-state index in [2.05, 4.69) is 0 Å². The molecule has 2 rings (SSSR count). The van der Waals surface area contributed by atoms with Gasteiger partial charge in [0.05, 0.1) is 5.92 Å². The number of hydrogen-bond acceptors (Lipinski definition) is 3. The van der Waals surface area contributed by atoms with E-state index in [1.807, 2.05) is 44.2 Å². The molecule has 110 valence electrons. The van der Waals surface area contributed by atoms with Gasteiger partial charge < -0.3 is 15.1 Å². The van der Waals surface area contributed by atoms with Crippen LogP contribution in [0.5, 0.6) is 0 Å². The van der Waals surface area contributed by atoms with Crippen LogP contribution >= 0.6 is 12.4 Å². The topological polar surface area (TPSA) is 59.5 Å². The zero-order chi connectivity index (χ0) is 14.0. The number of carbonyl (C=O) groups is 1. The van der Waals surface area contributed by atoms with Crippen molar-refractivity contribution in [3.05, 3.63) is 36.1 Å². The second-order valence-electron chi connectivity index (χ2n) is 4.94. The quantitative estimate of drug-likeness (QED) is 0.944. The molecular weight excluding hydrogens is 276 g/mol. The predicted octanol–water partition coefficient (Wildman–Crippen LogP) is 2.76. The molecular formula is C15H21ClN2O2. The van der Waals surface area contributed by atoms with Gasteiger partial charge in [-0.05, 0) is 26.0 Å². The van der Waals surface area contributed by atoms with E-state index in [0.29, 0.717) is 12.3 Å². The van der Waals surface area contributed by atoms with Gasteiger partial charge in [-0.2, -0.15) is 0 Å². The first-order valence-corrected chi connectivity index (χ1v) is 6.49. The lowest BCUT2D eigenvalue weighted by Crippen LogP contribution is -2.41.